The summed E-state index contributed by atoms with van der Waals surface area (Å²) in [5.74, 6) is 3.89. The number of hydrogen-bond donors (Lipinski definition) is 2. The van der Waals surface area contributed by atoms with E-state index >= 15 is 0 Å². The third-order valence-corrected chi connectivity index (χ3v) is 2.48. The Kier molecular flexibility index (Phi) is 4.13. The lowest BCUT2D eigenvalue weighted by molar-refractivity contribution is 0.0987. The fourth-order valence-corrected chi connectivity index (χ4v) is 1.53. The average Bonchev–Trinajstić information content (AvgIpc) is 2.85. The molecule has 2 N–H and O–H groups in total. The van der Waals surface area contributed by atoms with Crippen molar-refractivity contribution < 1.29 is 18.8 Å². The van der Waals surface area contributed by atoms with Crippen LogP contribution in [0.3, 0.4) is 0 Å². The molecule has 0 spiro atoms. The summed E-state index contributed by atoms with van der Waals surface area (Å²) < 4.78 is 18.3. The minimum absolute atomic E-state index is 0.0890. The summed E-state index contributed by atoms with van der Waals surface area (Å²) in [5, 5.41) is 14.7. The minimum Gasteiger partial charge on any atom is -0.384 e. The zero-order valence-corrected chi connectivity index (χ0v) is 10.6. The highest BCUT2D eigenvalue weighted by Crippen LogP contribution is 2.16. The van der Waals surface area contributed by atoms with Crippen LogP contribution in [0.5, 0.6) is 0 Å². The molecule has 0 saturated heterocycles. The van der Waals surface area contributed by atoms with Gasteiger partial charge in [0.05, 0.1) is 11.8 Å². The molecule has 0 aliphatic carbocycles. The first-order valence-corrected chi connectivity index (χ1v) is 5.73. The van der Waals surface area contributed by atoms with E-state index in [1.807, 2.05) is 0 Å². The summed E-state index contributed by atoms with van der Waals surface area (Å²) in [6.45, 7) is 1.32. The minimum atomic E-state index is -0.528. The Morgan fingerprint density at radius 3 is 3.00 bits per heavy atom. The molecule has 2 aromatic rings. The van der Waals surface area contributed by atoms with Gasteiger partial charge in [-0.3, -0.25) is 4.79 Å². The molecule has 102 valence electrons. The number of nitrogens with zero attached hydrogens (tertiary/aromatic N) is 1. The molecule has 0 bridgehead atoms. The molecule has 0 atom stereocenters. The maximum atomic E-state index is 13.4. The molecule has 0 fully saturated rings. The van der Waals surface area contributed by atoms with Crippen molar-refractivity contribution in [1.82, 2.24) is 5.16 Å². The first kappa shape index (κ1) is 13.8. The van der Waals surface area contributed by atoms with E-state index in [-0.39, 0.29) is 17.9 Å². The predicted molar refractivity (Wildman–Crippen MR) is 69.6 cm³/mol. The van der Waals surface area contributed by atoms with E-state index in [1.165, 1.54) is 24.4 Å². The van der Waals surface area contributed by atoms with E-state index in [0.29, 0.717) is 11.3 Å². The van der Waals surface area contributed by atoms with Gasteiger partial charge in [0, 0.05) is 11.3 Å². The normalized spacial score (nSPS) is 9.75. The molecule has 2 rings (SSSR count). The van der Waals surface area contributed by atoms with Gasteiger partial charge < -0.3 is 14.9 Å². The Hall–Kier alpha value is -2.65. The Morgan fingerprint density at radius 1 is 1.55 bits per heavy atom. The standard InChI is InChI=1S/C14H11FN2O3/c1-9-8-16-20-13(9)14(19)17-11-4-5-12(15)10(7-11)3-2-6-18/h4-5,7-8,18H,6H2,1H3,(H,17,19). The number of halogens is 1. The van der Waals surface area contributed by atoms with E-state index in [1.54, 1.807) is 6.92 Å². The van der Waals surface area contributed by atoms with Crippen molar-refractivity contribution in [3.8, 4) is 11.8 Å². The van der Waals surface area contributed by atoms with Crippen LogP contribution in [0.1, 0.15) is 21.7 Å². The van der Waals surface area contributed by atoms with Crippen molar-refractivity contribution in [1.29, 1.82) is 0 Å². The number of aryl methyl sites for hydroxylation is 1. The topological polar surface area (TPSA) is 75.4 Å². The van der Waals surface area contributed by atoms with Crippen LogP contribution in [0.2, 0.25) is 0 Å². The molecule has 1 aromatic carbocycles. The summed E-state index contributed by atoms with van der Waals surface area (Å²) in [5.41, 5.74) is 1.06. The molecule has 0 aliphatic rings. The number of benzene rings is 1. The van der Waals surface area contributed by atoms with E-state index in [4.69, 9.17) is 9.63 Å². The second-order valence-electron chi connectivity index (χ2n) is 3.95. The number of aliphatic hydroxyl groups is 1. The highest BCUT2D eigenvalue weighted by Gasteiger charge is 2.14. The first-order valence-electron chi connectivity index (χ1n) is 5.73. The molecular weight excluding hydrogens is 263 g/mol. The monoisotopic (exact) mass is 274 g/mol. The third kappa shape index (κ3) is 3.02. The number of hydrogen-bond acceptors (Lipinski definition) is 4. The van der Waals surface area contributed by atoms with Crippen LogP contribution in [-0.2, 0) is 0 Å². The number of nitrogens with one attached hydrogen (secondary N) is 1. The van der Waals surface area contributed by atoms with Crippen LogP contribution >= 0.6 is 0 Å². The summed E-state index contributed by atoms with van der Waals surface area (Å²) >= 11 is 0. The average molecular weight is 274 g/mol. The highest BCUT2D eigenvalue weighted by atomic mass is 19.1. The number of carbonyl (C=O) groups excluding carboxylic acids is 1. The van der Waals surface area contributed by atoms with Crippen molar-refractivity contribution >= 4 is 11.6 Å². The summed E-state index contributed by atoms with van der Waals surface area (Å²) in [7, 11) is 0. The predicted octanol–water partition coefficient (Wildman–Crippen LogP) is 1.72. The Labute approximate surface area is 114 Å². The lowest BCUT2D eigenvalue weighted by Crippen LogP contribution is -2.12. The van der Waals surface area contributed by atoms with E-state index in [0.717, 1.165) is 0 Å². The van der Waals surface area contributed by atoms with Gasteiger partial charge in [0.2, 0.25) is 5.76 Å². The lowest BCUT2D eigenvalue weighted by Gasteiger charge is -2.04. The Bertz CT molecular complexity index is 698. The smallest absolute Gasteiger partial charge is 0.294 e. The van der Waals surface area contributed by atoms with Crippen LogP contribution in [-0.4, -0.2) is 22.8 Å². The maximum absolute atomic E-state index is 13.4. The molecule has 5 nitrogen and oxygen atoms in total. The van der Waals surface area contributed by atoms with E-state index in [2.05, 4.69) is 22.3 Å². The molecule has 1 aromatic heterocycles. The highest BCUT2D eigenvalue weighted by molar-refractivity contribution is 6.03. The summed E-state index contributed by atoms with van der Waals surface area (Å²) in [6.07, 6.45) is 1.43. The molecule has 0 saturated carbocycles. The fourth-order valence-electron chi connectivity index (χ4n) is 1.53. The van der Waals surface area contributed by atoms with Crippen LogP contribution in [0.25, 0.3) is 0 Å². The van der Waals surface area contributed by atoms with Crippen LogP contribution < -0.4 is 5.32 Å². The maximum Gasteiger partial charge on any atom is 0.294 e. The van der Waals surface area contributed by atoms with Crippen LogP contribution in [0, 0.1) is 24.6 Å². The number of amides is 1. The SMILES string of the molecule is Cc1cnoc1C(=O)Nc1ccc(F)c(C#CCO)c1. The number of carbonyl (C=O) groups is 1. The number of rotatable bonds is 2. The van der Waals surface area contributed by atoms with Gasteiger partial charge in [-0.1, -0.05) is 17.0 Å². The summed E-state index contributed by atoms with van der Waals surface area (Å²) in [6, 6.07) is 3.97. The zero-order valence-electron chi connectivity index (χ0n) is 10.6. The first-order chi connectivity index (χ1) is 9.61. The van der Waals surface area contributed by atoms with E-state index in [9.17, 15) is 9.18 Å². The molecule has 0 aliphatic heterocycles. The zero-order chi connectivity index (χ0) is 14.5. The largest absolute Gasteiger partial charge is 0.384 e. The Balaban J connectivity index is 2.22. The van der Waals surface area contributed by atoms with Gasteiger partial charge in [0.25, 0.3) is 5.91 Å². The van der Waals surface area contributed by atoms with Crippen molar-refractivity contribution in [2.24, 2.45) is 0 Å². The molecule has 0 radical (unpaired) electrons. The molecule has 6 heteroatoms. The molecular formula is C14H11FN2O3. The molecule has 1 amide bonds. The van der Waals surface area contributed by atoms with Gasteiger partial charge in [0.1, 0.15) is 12.4 Å². The van der Waals surface area contributed by atoms with Crippen molar-refractivity contribution in [3.05, 3.63) is 47.1 Å². The number of aromatic nitrogens is 1. The lowest BCUT2D eigenvalue weighted by atomic mass is 10.2. The quantitative estimate of drug-likeness (QED) is 0.818. The second-order valence-corrected chi connectivity index (χ2v) is 3.95. The van der Waals surface area contributed by atoms with Gasteiger partial charge >= 0.3 is 0 Å². The van der Waals surface area contributed by atoms with Gasteiger partial charge in [0.15, 0.2) is 0 Å². The van der Waals surface area contributed by atoms with Gasteiger partial charge in [-0.2, -0.15) is 0 Å². The second kappa shape index (κ2) is 5.99. The molecule has 1 heterocycles. The van der Waals surface area contributed by atoms with Gasteiger partial charge in [-0.25, -0.2) is 4.39 Å². The fraction of sp³-hybridized carbons (Fsp3) is 0.143. The van der Waals surface area contributed by atoms with Crippen molar-refractivity contribution in [2.45, 2.75) is 6.92 Å². The molecule has 20 heavy (non-hydrogen) atoms. The van der Waals surface area contributed by atoms with E-state index < -0.39 is 11.7 Å². The number of anilines is 1. The Morgan fingerprint density at radius 2 is 2.35 bits per heavy atom. The van der Waals surface area contributed by atoms with Crippen LogP contribution in [0.4, 0.5) is 10.1 Å². The van der Waals surface area contributed by atoms with Gasteiger partial charge in [-0.15, -0.1) is 0 Å². The van der Waals surface area contributed by atoms with Crippen LogP contribution in [0.15, 0.2) is 28.9 Å². The summed E-state index contributed by atoms with van der Waals surface area (Å²) in [4.78, 5) is 11.9. The van der Waals surface area contributed by atoms with Crippen molar-refractivity contribution in [2.75, 3.05) is 11.9 Å². The third-order valence-electron chi connectivity index (χ3n) is 2.48. The van der Waals surface area contributed by atoms with Crippen molar-refractivity contribution in [3.63, 3.8) is 0 Å². The molecule has 0 unspecified atom stereocenters. The van der Waals surface area contributed by atoms with Gasteiger partial charge in [-0.05, 0) is 25.1 Å². The number of aliphatic hydroxyl groups excluding tert-OH is 1.